The van der Waals surface area contributed by atoms with Crippen molar-refractivity contribution in [3.8, 4) is 5.75 Å². The largest absolute Gasteiger partial charge is 0.497 e. The van der Waals surface area contributed by atoms with Crippen LogP contribution in [0.15, 0.2) is 39.7 Å². The van der Waals surface area contributed by atoms with Crippen LogP contribution in [0.25, 0.3) is 11.0 Å². The Morgan fingerprint density at radius 1 is 1.38 bits per heavy atom. The fourth-order valence-electron chi connectivity index (χ4n) is 2.45. The Morgan fingerprint density at radius 3 is 2.83 bits per heavy atom. The molecule has 0 fully saturated rings. The van der Waals surface area contributed by atoms with E-state index < -0.39 is 5.63 Å². The van der Waals surface area contributed by atoms with E-state index in [0.717, 1.165) is 11.3 Å². The molecule has 1 amide bonds. The zero-order chi connectivity index (χ0) is 17.3. The average molecular weight is 327 g/mol. The predicted octanol–water partition coefficient (Wildman–Crippen LogP) is 1.77. The first-order chi connectivity index (χ1) is 11.5. The summed E-state index contributed by atoms with van der Waals surface area (Å²) < 4.78 is 12.0. The maximum absolute atomic E-state index is 12.5. The van der Waals surface area contributed by atoms with Crippen molar-refractivity contribution in [2.45, 2.75) is 13.5 Å². The zero-order valence-electron chi connectivity index (χ0n) is 13.6. The standard InChI is InChI=1S/C17H17N3O4/c1-10-11(9-19-20(10)2)8-18-17(22)14-7-16(21)24-15-6-12(23-3)4-5-13(14)15/h4-7,9H,8H2,1-3H3,(H,18,22). The molecular formula is C17H17N3O4. The number of nitrogens with one attached hydrogen (secondary N) is 1. The van der Waals surface area contributed by atoms with Crippen LogP contribution in [-0.4, -0.2) is 22.8 Å². The van der Waals surface area contributed by atoms with Crippen LogP contribution >= 0.6 is 0 Å². The maximum atomic E-state index is 12.5. The van der Waals surface area contributed by atoms with E-state index in [4.69, 9.17) is 9.15 Å². The molecule has 0 radical (unpaired) electrons. The summed E-state index contributed by atoms with van der Waals surface area (Å²) in [4.78, 5) is 24.2. The van der Waals surface area contributed by atoms with E-state index >= 15 is 0 Å². The second-order valence-electron chi connectivity index (χ2n) is 5.40. The van der Waals surface area contributed by atoms with Crippen LogP contribution in [0.5, 0.6) is 5.75 Å². The van der Waals surface area contributed by atoms with Gasteiger partial charge < -0.3 is 14.5 Å². The summed E-state index contributed by atoms with van der Waals surface area (Å²) in [6.07, 6.45) is 1.71. The van der Waals surface area contributed by atoms with Gasteiger partial charge in [-0.15, -0.1) is 0 Å². The number of carbonyl (C=O) groups is 1. The van der Waals surface area contributed by atoms with Gasteiger partial charge in [0.1, 0.15) is 11.3 Å². The summed E-state index contributed by atoms with van der Waals surface area (Å²) in [5, 5.41) is 7.50. The molecule has 7 heteroatoms. The molecule has 0 saturated carbocycles. The summed E-state index contributed by atoms with van der Waals surface area (Å²) in [5.74, 6) is 0.204. The minimum atomic E-state index is -0.585. The van der Waals surface area contributed by atoms with Gasteiger partial charge in [0, 0.05) is 42.4 Å². The quantitative estimate of drug-likeness (QED) is 0.738. The van der Waals surface area contributed by atoms with Crippen molar-refractivity contribution >= 4 is 16.9 Å². The summed E-state index contributed by atoms with van der Waals surface area (Å²) >= 11 is 0. The van der Waals surface area contributed by atoms with Gasteiger partial charge in [0.15, 0.2) is 0 Å². The summed E-state index contributed by atoms with van der Waals surface area (Å²) in [6.45, 7) is 2.25. The third kappa shape index (κ3) is 2.88. The summed E-state index contributed by atoms with van der Waals surface area (Å²) in [7, 11) is 3.36. The van der Waals surface area contributed by atoms with Gasteiger partial charge in [0.05, 0.1) is 18.9 Å². The number of benzene rings is 1. The second kappa shape index (κ2) is 6.19. The minimum absolute atomic E-state index is 0.269. The minimum Gasteiger partial charge on any atom is -0.497 e. The summed E-state index contributed by atoms with van der Waals surface area (Å²) in [6, 6.07) is 6.19. The molecule has 0 saturated heterocycles. The molecule has 0 aliphatic carbocycles. The molecule has 1 aromatic carbocycles. The third-order valence-corrected chi connectivity index (χ3v) is 3.97. The Hall–Kier alpha value is -3.09. The van der Waals surface area contributed by atoms with Crippen molar-refractivity contribution in [1.82, 2.24) is 15.1 Å². The fourth-order valence-corrected chi connectivity index (χ4v) is 2.45. The number of carbonyl (C=O) groups excluding carboxylic acids is 1. The van der Waals surface area contributed by atoms with Crippen molar-refractivity contribution < 1.29 is 13.9 Å². The first-order valence-corrected chi connectivity index (χ1v) is 7.37. The molecule has 2 heterocycles. The molecule has 3 aromatic rings. The monoisotopic (exact) mass is 327 g/mol. The van der Waals surface area contributed by atoms with E-state index in [2.05, 4.69) is 10.4 Å². The van der Waals surface area contributed by atoms with E-state index in [9.17, 15) is 9.59 Å². The molecule has 124 valence electrons. The number of aromatic nitrogens is 2. The molecular weight excluding hydrogens is 310 g/mol. The van der Waals surface area contributed by atoms with Crippen molar-refractivity contribution in [1.29, 1.82) is 0 Å². The normalized spacial score (nSPS) is 10.8. The molecule has 0 bridgehead atoms. The fraction of sp³-hybridized carbons (Fsp3) is 0.235. The lowest BCUT2D eigenvalue weighted by atomic mass is 10.1. The lowest BCUT2D eigenvalue weighted by Crippen LogP contribution is -2.24. The van der Waals surface area contributed by atoms with E-state index in [1.807, 2.05) is 14.0 Å². The topological polar surface area (TPSA) is 86.4 Å². The Labute approximate surface area is 137 Å². The van der Waals surface area contributed by atoms with Gasteiger partial charge in [0.25, 0.3) is 5.91 Å². The molecule has 1 N–H and O–H groups in total. The highest BCUT2D eigenvalue weighted by Gasteiger charge is 2.14. The number of aryl methyl sites for hydroxylation is 1. The Balaban J connectivity index is 1.91. The van der Waals surface area contributed by atoms with Crippen molar-refractivity contribution in [2.75, 3.05) is 7.11 Å². The van der Waals surface area contributed by atoms with Gasteiger partial charge in [-0.05, 0) is 19.1 Å². The molecule has 7 nitrogen and oxygen atoms in total. The number of hydrogen-bond acceptors (Lipinski definition) is 5. The highest BCUT2D eigenvalue weighted by atomic mass is 16.5. The molecule has 3 rings (SSSR count). The van der Waals surface area contributed by atoms with E-state index in [0.29, 0.717) is 23.3 Å². The Kier molecular flexibility index (Phi) is 4.07. The molecule has 0 atom stereocenters. The van der Waals surface area contributed by atoms with Crippen LogP contribution in [0.3, 0.4) is 0 Å². The Bertz CT molecular complexity index is 972. The number of fused-ring (bicyclic) bond motifs is 1. The van der Waals surface area contributed by atoms with Crippen LogP contribution in [0.4, 0.5) is 0 Å². The van der Waals surface area contributed by atoms with Gasteiger partial charge in [-0.25, -0.2) is 4.79 Å². The van der Waals surface area contributed by atoms with E-state index in [1.54, 1.807) is 29.1 Å². The molecule has 24 heavy (non-hydrogen) atoms. The van der Waals surface area contributed by atoms with Crippen LogP contribution in [0.1, 0.15) is 21.6 Å². The zero-order valence-corrected chi connectivity index (χ0v) is 13.6. The van der Waals surface area contributed by atoms with E-state index in [-0.39, 0.29) is 11.5 Å². The number of hydrogen-bond donors (Lipinski definition) is 1. The number of nitrogens with zero attached hydrogens (tertiary/aromatic N) is 2. The molecule has 0 unspecified atom stereocenters. The first kappa shape index (κ1) is 15.8. The van der Waals surface area contributed by atoms with Crippen LogP contribution in [-0.2, 0) is 13.6 Å². The highest BCUT2D eigenvalue weighted by molar-refractivity contribution is 6.05. The number of ether oxygens (including phenoxy) is 1. The predicted molar refractivity (Wildman–Crippen MR) is 88.2 cm³/mol. The lowest BCUT2D eigenvalue weighted by Gasteiger charge is -2.08. The van der Waals surface area contributed by atoms with Gasteiger partial charge in [-0.1, -0.05) is 0 Å². The van der Waals surface area contributed by atoms with Gasteiger partial charge >= 0.3 is 5.63 Å². The van der Waals surface area contributed by atoms with Gasteiger partial charge in [-0.2, -0.15) is 5.10 Å². The lowest BCUT2D eigenvalue weighted by molar-refractivity contribution is 0.0952. The molecule has 0 aliphatic rings. The van der Waals surface area contributed by atoms with Crippen molar-refractivity contribution in [3.05, 3.63) is 57.7 Å². The molecule has 2 aromatic heterocycles. The van der Waals surface area contributed by atoms with Crippen LogP contribution in [0.2, 0.25) is 0 Å². The molecule has 0 spiro atoms. The van der Waals surface area contributed by atoms with Crippen LogP contribution < -0.4 is 15.7 Å². The van der Waals surface area contributed by atoms with Crippen molar-refractivity contribution in [3.63, 3.8) is 0 Å². The second-order valence-corrected chi connectivity index (χ2v) is 5.40. The molecule has 0 aliphatic heterocycles. The van der Waals surface area contributed by atoms with Crippen molar-refractivity contribution in [2.24, 2.45) is 7.05 Å². The van der Waals surface area contributed by atoms with Crippen LogP contribution in [0, 0.1) is 6.92 Å². The summed E-state index contributed by atoms with van der Waals surface area (Å²) in [5.41, 5.74) is 1.88. The average Bonchev–Trinajstić information content (AvgIpc) is 2.90. The first-order valence-electron chi connectivity index (χ1n) is 7.37. The highest BCUT2D eigenvalue weighted by Crippen LogP contribution is 2.22. The SMILES string of the molecule is COc1ccc2c(C(=O)NCc3cnn(C)c3C)cc(=O)oc2c1. The Morgan fingerprint density at radius 2 is 2.17 bits per heavy atom. The number of amides is 1. The smallest absolute Gasteiger partial charge is 0.337 e. The maximum Gasteiger partial charge on any atom is 0.337 e. The van der Waals surface area contributed by atoms with Gasteiger partial charge in [-0.3, -0.25) is 9.48 Å². The number of methoxy groups -OCH3 is 1. The third-order valence-electron chi connectivity index (χ3n) is 3.97. The van der Waals surface area contributed by atoms with E-state index in [1.165, 1.54) is 13.2 Å². The number of rotatable bonds is 4. The van der Waals surface area contributed by atoms with Gasteiger partial charge in [0.2, 0.25) is 0 Å².